The summed E-state index contributed by atoms with van der Waals surface area (Å²) in [6.45, 7) is 22.5. The number of aromatic hydroxyl groups is 2. The molecule has 0 atom stereocenters. The fourth-order valence-corrected chi connectivity index (χ4v) is 9.41. The second-order valence-corrected chi connectivity index (χ2v) is 18.2. The minimum Gasteiger partial charge on any atom is -0.507 e. The van der Waals surface area contributed by atoms with E-state index in [2.05, 4.69) is 77.3 Å². The van der Waals surface area contributed by atoms with Crippen molar-refractivity contribution in [2.75, 3.05) is 36.0 Å². The molecule has 0 unspecified atom stereocenters. The average molecular weight is 760 g/mol. The molecule has 6 nitrogen and oxygen atoms in total. The van der Waals surface area contributed by atoms with Gasteiger partial charge in [-0.25, -0.2) is 0 Å². The Hall–Kier alpha value is -3.96. The Morgan fingerprint density at radius 2 is 0.868 bits per heavy atom. The number of para-hydroxylation sites is 2. The van der Waals surface area contributed by atoms with Gasteiger partial charge in [-0.3, -0.25) is 9.98 Å². The van der Waals surface area contributed by atoms with Gasteiger partial charge in [0.05, 0.1) is 11.4 Å². The summed E-state index contributed by atoms with van der Waals surface area (Å²) in [5, 5.41) is 23.2. The van der Waals surface area contributed by atoms with E-state index in [1.165, 1.54) is 33.6 Å². The van der Waals surface area contributed by atoms with Crippen LogP contribution in [0.15, 0.2) is 70.6 Å². The molecule has 53 heavy (non-hydrogen) atoms. The Kier molecular flexibility index (Phi) is 9.24. The van der Waals surface area contributed by atoms with Crippen LogP contribution in [0.3, 0.4) is 0 Å². The van der Waals surface area contributed by atoms with E-state index in [9.17, 15) is 10.2 Å². The van der Waals surface area contributed by atoms with E-state index in [4.69, 9.17) is 9.98 Å². The summed E-state index contributed by atoms with van der Waals surface area (Å²) >= 11 is 0. The van der Waals surface area contributed by atoms with Crippen LogP contribution in [0.25, 0.3) is 11.1 Å². The van der Waals surface area contributed by atoms with E-state index >= 15 is 0 Å². The van der Waals surface area contributed by atoms with E-state index in [0.717, 1.165) is 85.5 Å². The third kappa shape index (κ3) is 6.21. The van der Waals surface area contributed by atoms with Gasteiger partial charge in [0.15, 0.2) is 0 Å². The number of anilines is 2. The quantitative estimate of drug-likeness (QED) is 0.157. The third-order valence-corrected chi connectivity index (χ3v) is 12.9. The van der Waals surface area contributed by atoms with E-state index in [-0.39, 0.29) is 41.1 Å². The number of phenolic OH excluding ortho intramolecular Hbond substituents is 2. The molecule has 0 aliphatic carbocycles. The molecule has 4 aliphatic heterocycles. The van der Waals surface area contributed by atoms with Crippen LogP contribution >= 0.6 is 0 Å². The van der Waals surface area contributed by atoms with Gasteiger partial charge in [-0.15, -0.1) is 0 Å². The van der Waals surface area contributed by atoms with Crippen molar-refractivity contribution in [3.8, 4) is 22.6 Å². The zero-order valence-electron chi connectivity index (χ0n) is 33.0. The van der Waals surface area contributed by atoms with E-state index in [0.29, 0.717) is 11.5 Å². The van der Waals surface area contributed by atoms with Crippen molar-refractivity contribution >= 4 is 35.2 Å². The number of rotatable bonds is 5. The summed E-state index contributed by atoms with van der Waals surface area (Å²) in [5.41, 5.74) is 12.4. The minimum absolute atomic E-state index is 0. The molecule has 2 N–H and O–H groups in total. The summed E-state index contributed by atoms with van der Waals surface area (Å²) < 4.78 is 0. The number of aliphatic imine (C=N–C) groups is 2. The van der Waals surface area contributed by atoms with Crippen molar-refractivity contribution < 1.29 is 29.7 Å². The van der Waals surface area contributed by atoms with Crippen LogP contribution in [0.5, 0.6) is 11.5 Å². The summed E-state index contributed by atoms with van der Waals surface area (Å²) in [6.07, 6.45) is 7.97. The Bertz CT molecular complexity index is 2000. The second-order valence-electron chi connectivity index (χ2n) is 18.2. The topological polar surface area (TPSA) is 71.7 Å². The first-order valence-electron chi connectivity index (χ1n) is 19.2. The average Bonchev–Trinajstić information content (AvgIpc) is 3.09. The first-order chi connectivity index (χ1) is 24.6. The minimum atomic E-state index is -0.0994. The summed E-state index contributed by atoms with van der Waals surface area (Å²) in [7, 11) is 0. The smallest absolute Gasteiger partial charge is 0.125 e. The first-order valence-corrected chi connectivity index (χ1v) is 19.2. The molecular formula is C46H54N4O2Zn. The van der Waals surface area contributed by atoms with Crippen LogP contribution in [-0.2, 0) is 41.1 Å². The zero-order valence-corrected chi connectivity index (χ0v) is 35.9. The molecule has 0 saturated heterocycles. The molecule has 0 fully saturated rings. The monoisotopic (exact) mass is 758 g/mol. The molecule has 0 radical (unpaired) electrons. The third-order valence-electron chi connectivity index (χ3n) is 12.9. The van der Waals surface area contributed by atoms with Crippen molar-refractivity contribution in [3.05, 3.63) is 94.0 Å². The number of phenols is 2. The summed E-state index contributed by atoms with van der Waals surface area (Å²) in [6, 6.07) is 20.3. The maximum atomic E-state index is 11.6. The summed E-state index contributed by atoms with van der Waals surface area (Å²) in [4.78, 5) is 15.3. The van der Waals surface area contributed by atoms with Crippen LogP contribution in [0.2, 0.25) is 0 Å². The molecule has 0 saturated carbocycles. The molecule has 4 heterocycles. The fourth-order valence-electron chi connectivity index (χ4n) is 9.41. The van der Waals surface area contributed by atoms with Crippen LogP contribution in [-0.4, -0.2) is 48.8 Å². The van der Waals surface area contributed by atoms with Crippen LogP contribution in [0, 0.1) is 0 Å². The molecule has 0 bridgehead atoms. The summed E-state index contributed by atoms with van der Waals surface area (Å²) in [5.74, 6) is 0.590. The van der Waals surface area contributed by atoms with Crippen molar-refractivity contribution in [1.82, 2.24) is 0 Å². The molecule has 0 spiro atoms. The Balaban J connectivity index is 0.00000435. The molecular weight excluding hydrogens is 706 g/mol. The van der Waals surface area contributed by atoms with Gasteiger partial charge in [0, 0.05) is 91.7 Å². The van der Waals surface area contributed by atoms with Crippen molar-refractivity contribution in [3.63, 3.8) is 0 Å². The number of hydrogen-bond donors (Lipinski definition) is 2. The van der Waals surface area contributed by atoms with Crippen LogP contribution < -0.4 is 9.80 Å². The van der Waals surface area contributed by atoms with Gasteiger partial charge in [0.25, 0.3) is 0 Å². The Morgan fingerprint density at radius 3 is 1.25 bits per heavy atom. The van der Waals surface area contributed by atoms with Gasteiger partial charge < -0.3 is 20.0 Å². The largest absolute Gasteiger partial charge is 0.507 e. The van der Waals surface area contributed by atoms with Crippen LogP contribution in [0.1, 0.15) is 114 Å². The Labute approximate surface area is 328 Å². The standard InChI is InChI=1S/C46H54N4O2.Zn/c1-43(2)17-21-49-23-19-45(5,6)39-31(37(51)25-33(43)41(39)49)27-47-35-15-11-9-13-29(35)30-14-10-12-16-36(30)48-28-32-38(52)26-34-42-40(32)46(7,8)20-24-50(42)22-18-44(34,3)4;/h9-16,25-28,51-52H,17-24H2,1-8H3;. The molecule has 0 amide bonds. The maximum absolute atomic E-state index is 11.6. The molecule has 8 rings (SSSR count). The molecule has 0 aromatic heterocycles. The van der Waals surface area contributed by atoms with E-state index < -0.39 is 0 Å². The first kappa shape index (κ1) is 37.4. The van der Waals surface area contributed by atoms with Gasteiger partial charge in [-0.2, -0.15) is 0 Å². The number of benzene rings is 4. The van der Waals surface area contributed by atoms with Gasteiger partial charge in [-0.1, -0.05) is 91.8 Å². The predicted octanol–water partition coefficient (Wildman–Crippen LogP) is 10.6. The maximum Gasteiger partial charge on any atom is 0.125 e. The number of hydrogen-bond acceptors (Lipinski definition) is 6. The molecule has 4 aromatic carbocycles. The molecule has 4 aromatic rings. The van der Waals surface area contributed by atoms with Crippen molar-refractivity contribution in [1.29, 1.82) is 0 Å². The normalized spacial score (nSPS) is 20.2. The molecule has 7 heteroatoms. The SMILES string of the molecule is CC1(C)CCN2CCC(C)(C)c3c(C=Nc4ccccc4-c4ccccc4N=Cc4c(O)cc5c6c4C(C)(C)CCN6CCC5(C)C)c(O)cc1c32.[Zn]. The predicted molar refractivity (Wildman–Crippen MR) is 218 cm³/mol. The number of nitrogens with zero attached hydrogens (tertiary/aromatic N) is 4. The fraction of sp³-hybridized carbons (Fsp3) is 0.435. The van der Waals surface area contributed by atoms with Gasteiger partial charge >= 0.3 is 0 Å². The van der Waals surface area contributed by atoms with Crippen molar-refractivity contribution in [2.24, 2.45) is 9.98 Å². The van der Waals surface area contributed by atoms with Gasteiger partial charge in [0.1, 0.15) is 11.5 Å². The van der Waals surface area contributed by atoms with Gasteiger partial charge in [0.2, 0.25) is 0 Å². The van der Waals surface area contributed by atoms with Gasteiger partial charge in [-0.05, 0) is 93.9 Å². The van der Waals surface area contributed by atoms with Crippen LogP contribution in [0.4, 0.5) is 22.7 Å². The zero-order chi connectivity index (χ0) is 36.8. The Morgan fingerprint density at radius 1 is 0.528 bits per heavy atom. The molecule has 4 aliphatic rings. The van der Waals surface area contributed by atoms with Crippen molar-refractivity contribution in [2.45, 2.75) is 103 Å². The van der Waals surface area contributed by atoms with E-state index in [1.807, 2.05) is 61.0 Å². The molecule has 272 valence electrons. The second kappa shape index (κ2) is 13.1. The van der Waals surface area contributed by atoms with E-state index in [1.54, 1.807) is 0 Å².